The number of hydrogen-bond acceptors (Lipinski definition) is 1. The predicted octanol–water partition coefficient (Wildman–Crippen LogP) is 4.10. The van der Waals surface area contributed by atoms with E-state index in [1.54, 1.807) is 0 Å². The summed E-state index contributed by atoms with van der Waals surface area (Å²) >= 11 is 0. The van der Waals surface area contributed by atoms with Gasteiger partial charge in [-0.25, -0.2) is 0 Å². The van der Waals surface area contributed by atoms with E-state index in [0.717, 1.165) is 11.8 Å². The lowest BCUT2D eigenvalue weighted by Gasteiger charge is -2.48. The lowest BCUT2D eigenvalue weighted by atomic mass is 9.57. The second kappa shape index (κ2) is 4.68. The molecule has 96 valence electrons. The van der Waals surface area contributed by atoms with Crippen molar-refractivity contribution in [3.8, 4) is 0 Å². The maximum Gasteiger partial charge on any atom is 0.0459 e. The molecule has 0 radical (unpaired) electrons. The fraction of sp³-hybridized carbons (Fsp3) is 1.00. The Kier molecular flexibility index (Phi) is 4.10. The van der Waals surface area contributed by atoms with Crippen molar-refractivity contribution < 1.29 is 5.11 Å². The highest BCUT2D eigenvalue weighted by molar-refractivity contribution is 4.91. The molecule has 0 saturated heterocycles. The molecular weight excluding hydrogens is 196 g/mol. The summed E-state index contributed by atoms with van der Waals surface area (Å²) in [6.45, 7) is 14.6. The lowest BCUT2D eigenvalue weighted by molar-refractivity contribution is -0.000732. The highest BCUT2D eigenvalue weighted by Crippen LogP contribution is 2.50. The van der Waals surface area contributed by atoms with Crippen molar-refractivity contribution in [1.29, 1.82) is 0 Å². The summed E-state index contributed by atoms with van der Waals surface area (Å²) in [5.41, 5.74) is 0.768. The Labute approximate surface area is 102 Å². The Hall–Kier alpha value is -0.0400. The molecule has 1 aliphatic rings. The quantitative estimate of drug-likeness (QED) is 0.713. The first kappa shape index (κ1) is 14.0. The van der Waals surface area contributed by atoms with E-state index in [2.05, 4.69) is 41.5 Å². The van der Waals surface area contributed by atoms with Gasteiger partial charge in [0.2, 0.25) is 0 Å². The summed E-state index contributed by atoms with van der Waals surface area (Å²) in [4.78, 5) is 0. The van der Waals surface area contributed by atoms with Crippen LogP contribution in [-0.4, -0.2) is 11.7 Å². The van der Waals surface area contributed by atoms with Crippen molar-refractivity contribution in [2.45, 2.75) is 60.8 Å². The molecule has 16 heavy (non-hydrogen) atoms. The van der Waals surface area contributed by atoms with Crippen LogP contribution in [0.25, 0.3) is 0 Å². The second-order valence-electron chi connectivity index (χ2n) is 7.81. The minimum Gasteiger partial charge on any atom is -0.396 e. The number of hydrogen-bond donors (Lipinski definition) is 1. The van der Waals surface area contributed by atoms with Crippen LogP contribution in [0, 0.1) is 28.6 Å². The molecule has 3 unspecified atom stereocenters. The maximum absolute atomic E-state index is 9.36. The number of aliphatic hydroxyl groups is 1. The van der Waals surface area contributed by atoms with Crippen LogP contribution < -0.4 is 0 Å². The summed E-state index contributed by atoms with van der Waals surface area (Å²) < 4.78 is 0. The molecule has 0 aliphatic heterocycles. The summed E-state index contributed by atoms with van der Waals surface area (Å²) in [6, 6.07) is 0. The van der Waals surface area contributed by atoms with E-state index in [9.17, 15) is 5.11 Å². The van der Waals surface area contributed by atoms with Gasteiger partial charge in [0.1, 0.15) is 0 Å². The molecule has 1 saturated carbocycles. The largest absolute Gasteiger partial charge is 0.396 e. The topological polar surface area (TPSA) is 20.2 Å². The first-order valence-corrected chi connectivity index (χ1v) is 6.77. The molecule has 1 heteroatoms. The van der Waals surface area contributed by atoms with Gasteiger partial charge >= 0.3 is 0 Å². The molecule has 0 bridgehead atoms. The third-order valence-corrected chi connectivity index (χ3v) is 4.44. The van der Waals surface area contributed by atoms with Crippen LogP contribution in [0.4, 0.5) is 0 Å². The minimum atomic E-state index is 0.367. The van der Waals surface area contributed by atoms with E-state index < -0.39 is 0 Å². The van der Waals surface area contributed by atoms with Gasteiger partial charge in [0.15, 0.2) is 0 Å². The monoisotopic (exact) mass is 226 g/mol. The van der Waals surface area contributed by atoms with Crippen LogP contribution in [0.15, 0.2) is 0 Å². The summed E-state index contributed by atoms with van der Waals surface area (Å²) in [5.74, 6) is 2.09. The van der Waals surface area contributed by atoms with Gasteiger partial charge in [0.25, 0.3) is 0 Å². The van der Waals surface area contributed by atoms with Gasteiger partial charge in [-0.3, -0.25) is 0 Å². The Morgan fingerprint density at radius 3 is 1.75 bits per heavy atom. The highest BCUT2D eigenvalue weighted by atomic mass is 16.3. The van der Waals surface area contributed by atoms with Crippen molar-refractivity contribution in [2.24, 2.45) is 28.6 Å². The summed E-state index contributed by atoms with van der Waals surface area (Å²) in [6.07, 6.45) is 3.71. The van der Waals surface area contributed by atoms with Crippen LogP contribution >= 0.6 is 0 Å². The zero-order valence-electron chi connectivity index (χ0n) is 12.0. The van der Waals surface area contributed by atoms with Crippen molar-refractivity contribution in [3.63, 3.8) is 0 Å². The molecule has 0 aromatic rings. The third kappa shape index (κ3) is 3.23. The standard InChI is InChI=1S/C15H30O/c1-14(2,3)12-8-7-11(10-16)9-13(12)15(4,5)6/h11-13,16H,7-10H2,1-6H3. The van der Waals surface area contributed by atoms with Gasteiger partial charge in [-0.1, -0.05) is 41.5 Å². The van der Waals surface area contributed by atoms with Crippen molar-refractivity contribution in [3.05, 3.63) is 0 Å². The Bertz CT molecular complexity index is 219. The molecule has 0 aromatic heterocycles. The molecule has 0 heterocycles. The molecule has 1 fully saturated rings. The van der Waals surface area contributed by atoms with Gasteiger partial charge in [0, 0.05) is 6.61 Å². The molecule has 1 N–H and O–H groups in total. The van der Waals surface area contributed by atoms with Gasteiger partial charge in [-0.15, -0.1) is 0 Å². The van der Waals surface area contributed by atoms with E-state index in [-0.39, 0.29) is 0 Å². The molecular formula is C15H30O. The first-order valence-electron chi connectivity index (χ1n) is 6.77. The van der Waals surface area contributed by atoms with E-state index in [1.807, 2.05) is 0 Å². The molecule has 0 aromatic carbocycles. The van der Waals surface area contributed by atoms with Crippen molar-refractivity contribution in [1.82, 2.24) is 0 Å². The Morgan fingerprint density at radius 1 is 0.875 bits per heavy atom. The van der Waals surface area contributed by atoms with Crippen LogP contribution in [0.5, 0.6) is 0 Å². The smallest absolute Gasteiger partial charge is 0.0459 e. The summed E-state index contributed by atoms with van der Waals surface area (Å²) in [7, 11) is 0. The Balaban J connectivity index is 2.85. The minimum absolute atomic E-state index is 0.367. The average molecular weight is 226 g/mol. The van der Waals surface area contributed by atoms with Crippen LogP contribution in [0.3, 0.4) is 0 Å². The molecule has 3 atom stereocenters. The van der Waals surface area contributed by atoms with E-state index in [1.165, 1.54) is 19.3 Å². The zero-order chi connectivity index (χ0) is 12.6. The SMILES string of the molecule is CC(C)(C)C1CCC(CO)CC1C(C)(C)C. The Morgan fingerprint density at radius 2 is 1.38 bits per heavy atom. The molecule has 0 spiro atoms. The lowest BCUT2D eigenvalue weighted by Crippen LogP contribution is -2.41. The molecule has 0 amide bonds. The molecule has 1 nitrogen and oxygen atoms in total. The van der Waals surface area contributed by atoms with Crippen LogP contribution in [0.2, 0.25) is 0 Å². The molecule has 1 aliphatic carbocycles. The van der Waals surface area contributed by atoms with Crippen molar-refractivity contribution in [2.75, 3.05) is 6.61 Å². The highest BCUT2D eigenvalue weighted by Gasteiger charge is 2.42. The maximum atomic E-state index is 9.36. The summed E-state index contributed by atoms with van der Waals surface area (Å²) in [5, 5.41) is 9.36. The second-order valence-corrected chi connectivity index (χ2v) is 7.81. The fourth-order valence-electron chi connectivity index (χ4n) is 3.42. The third-order valence-electron chi connectivity index (χ3n) is 4.44. The number of rotatable bonds is 1. The number of aliphatic hydroxyl groups excluding tert-OH is 1. The van der Waals surface area contributed by atoms with E-state index >= 15 is 0 Å². The molecule has 1 rings (SSSR count). The predicted molar refractivity (Wildman–Crippen MR) is 70.3 cm³/mol. The normalized spacial score (nSPS) is 32.8. The average Bonchev–Trinajstić information content (AvgIpc) is 2.14. The van der Waals surface area contributed by atoms with Gasteiger partial charge in [-0.05, 0) is 47.8 Å². The van der Waals surface area contributed by atoms with Crippen LogP contribution in [-0.2, 0) is 0 Å². The first-order chi connectivity index (χ1) is 7.16. The van der Waals surface area contributed by atoms with E-state index in [4.69, 9.17) is 0 Å². The van der Waals surface area contributed by atoms with Gasteiger partial charge < -0.3 is 5.11 Å². The van der Waals surface area contributed by atoms with Crippen LogP contribution in [0.1, 0.15) is 60.8 Å². The fourth-order valence-corrected chi connectivity index (χ4v) is 3.42. The van der Waals surface area contributed by atoms with Gasteiger partial charge in [0.05, 0.1) is 0 Å². The van der Waals surface area contributed by atoms with Crippen molar-refractivity contribution >= 4 is 0 Å². The van der Waals surface area contributed by atoms with E-state index in [0.29, 0.717) is 23.4 Å². The zero-order valence-corrected chi connectivity index (χ0v) is 12.0. The van der Waals surface area contributed by atoms with Gasteiger partial charge in [-0.2, -0.15) is 0 Å².